The topological polar surface area (TPSA) is 37.4 Å². The van der Waals surface area contributed by atoms with Crippen LogP contribution in [0.5, 0.6) is 0 Å². The third-order valence-corrected chi connectivity index (χ3v) is 3.62. The third-order valence-electron chi connectivity index (χ3n) is 1.93. The Morgan fingerprint density at radius 1 is 1.50 bits per heavy atom. The van der Waals surface area contributed by atoms with E-state index in [1.54, 1.807) is 0 Å². The fraction of sp³-hybridized carbons (Fsp3) is 0.750. The largest absolute Gasteiger partial charge is 0.235 e. The first-order valence-corrected chi connectivity index (χ1v) is 5.64. The van der Waals surface area contributed by atoms with Gasteiger partial charge in [-0.1, -0.05) is 20.4 Å². The molecule has 0 aliphatic heterocycles. The zero-order chi connectivity index (χ0) is 9.78. The molecule has 1 atom stereocenters. The minimum atomic E-state index is -3.22. The number of rotatable bonds is 5. The quantitative estimate of drug-likeness (QED) is 0.661. The van der Waals surface area contributed by atoms with Gasteiger partial charge in [-0.2, -0.15) is 4.31 Å². The summed E-state index contributed by atoms with van der Waals surface area (Å²) in [6, 6.07) is 0.0537. The number of hydrogen-bond acceptors (Lipinski definition) is 2. The molecular weight excluding hydrogens is 174 g/mol. The molecule has 0 saturated carbocycles. The van der Waals surface area contributed by atoms with Crippen LogP contribution in [0.3, 0.4) is 0 Å². The van der Waals surface area contributed by atoms with Crippen LogP contribution in [0.2, 0.25) is 0 Å². The summed E-state index contributed by atoms with van der Waals surface area (Å²) in [6.07, 6.45) is 0.820. The van der Waals surface area contributed by atoms with Gasteiger partial charge in [0.1, 0.15) is 0 Å². The first-order chi connectivity index (χ1) is 5.49. The molecule has 0 amide bonds. The average Bonchev–Trinajstić information content (AvgIpc) is 2.05. The molecule has 0 aliphatic carbocycles. The second-order valence-electron chi connectivity index (χ2n) is 2.67. The van der Waals surface area contributed by atoms with Crippen molar-refractivity contribution in [3.63, 3.8) is 0 Å². The molecule has 0 saturated heterocycles. The molecule has 12 heavy (non-hydrogen) atoms. The second-order valence-corrected chi connectivity index (χ2v) is 4.50. The van der Waals surface area contributed by atoms with Crippen molar-refractivity contribution >= 4 is 10.0 Å². The molecule has 0 bridgehead atoms. The van der Waals surface area contributed by atoms with E-state index in [0.29, 0.717) is 6.54 Å². The molecule has 0 aromatic heterocycles. The van der Waals surface area contributed by atoms with E-state index in [1.165, 1.54) is 4.31 Å². The second kappa shape index (κ2) is 4.62. The summed E-state index contributed by atoms with van der Waals surface area (Å²) in [6.45, 7) is 9.48. The van der Waals surface area contributed by atoms with Crippen molar-refractivity contribution in [2.24, 2.45) is 0 Å². The third kappa shape index (κ3) is 2.60. The maximum Gasteiger partial charge on any atom is 0.235 e. The van der Waals surface area contributed by atoms with Gasteiger partial charge in [0.25, 0.3) is 0 Å². The highest BCUT2D eigenvalue weighted by atomic mass is 32.2. The van der Waals surface area contributed by atoms with Crippen molar-refractivity contribution in [1.29, 1.82) is 0 Å². The normalized spacial score (nSPS) is 14.7. The fourth-order valence-electron chi connectivity index (χ4n) is 1.04. The Kier molecular flexibility index (Phi) is 4.49. The van der Waals surface area contributed by atoms with Crippen LogP contribution in [-0.4, -0.2) is 25.3 Å². The lowest BCUT2D eigenvalue weighted by Crippen LogP contribution is -2.36. The number of nitrogens with zero attached hydrogens (tertiary/aromatic N) is 1. The summed E-state index contributed by atoms with van der Waals surface area (Å²) in [5.41, 5.74) is 0. The molecule has 0 spiro atoms. The van der Waals surface area contributed by atoms with Gasteiger partial charge < -0.3 is 0 Å². The lowest BCUT2D eigenvalue weighted by molar-refractivity contribution is 0.347. The summed E-state index contributed by atoms with van der Waals surface area (Å²) in [5.74, 6) is 0. The zero-order valence-corrected chi connectivity index (χ0v) is 8.76. The van der Waals surface area contributed by atoms with Crippen molar-refractivity contribution in [2.75, 3.05) is 6.54 Å². The lowest BCUT2D eigenvalue weighted by atomic mass is 10.3. The molecule has 1 unspecified atom stereocenters. The van der Waals surface area contributed by atoms with E-state index < -0.39 is 10.0 Å². The van der Waals surface area contributed by atoms with Crippen LogP contribution in [0.25, 0.3) is 0 Å². The summed E-state index contributed by atoms with van der Waals surface area (Å²) >= 11 is 0. The van der Waals surface area contributed by atoms with Gasteiger partial charge in [0.15, 0.2) is 0 Å². The van der Waals surface area contributed by atoms with Crippen molar-refractivity contribution < 1.29 is 8.42 Å². The predicted molar refractivity (Wildman–Crippen MR) is 51.2 cm³/mol. The maximum absolute atomic E-state index is 11.3. The van der Waals surface area contributed by atoms with Gasteiger partial charge in [0, 0.05) is 18.0 Å². The Bertz CT molecular complexity index is 233. The highest BCUT2D eigenvalue weighted by Crippen LogP contribution is 2.10. The SMILES string of the molecule is C=CS(=O)(=O)N(CC)C(C)CC. The molecule has 0 aromatic carbocycles. The van der Waals surface area contributed by atoms with Gasteiger partial charge in [-0.15, -0.1) is 0 Å². The lowest BCUT2D eigenvalue weighted by Gasteiger charge is -2.24. The van der Waals surface area contributed by atoms with E-state index in [2.05, 4.69) is 6.58 Å². The average molecular weight is 191 g/mol. The summed E-state index contributed by atoms with van der Waals surface area (Å²) < 4.78 is 24.1. The first-order valence-electron chi connectivity index (χ1n) is 4.13. The monoisotopic (exact) mass is 191 g/mol. The van der Waals surface area contributed by atoms with Crippen molar-refractivity contribution in [3.05, 3.63) is 12.0 Å². The molecule has 0 aromatic rings. The highest BCUT2D eigenvalue weighted by Gasteiger charge is 2.20. The van der Waals surface area contributed by atoms with Crippen molar-refractivity contribution in [1.82, 2.24) is 4.31 Å². The van der Waals surface area contributed by atoms with Gasteiger partial charge >= 0.3 is 0 Å². The van der Waals surface area contributed by atoms with E-state index in [9.17, 15) is 8.42 Å². The summed E-state index contributed by atoms with van der Waals surface area (Å²) in [5, 5.41) is 1.00. The van der Waals surface area contributed by atoms with E-state index in [4.69, 9.17) is 0 Å². The van der Waals surface area contributed by atoms with Crippen LogP contribution in [0.15, 0.2) is 12.0 Å². The minimum absolute atomic E-state index is 0.0537. The van der Waals surface area contributed by atoms with E-state index in [-0.39, 0.29) is 6.04 Å². The maximum atomic E-state index is 11.3. The van der Waals surface area contributed by atoms with Crippen LogP contribution in [0.4, 0.5) is 0 Å². The van der Waals surface area contributed by atoms with Crippen molar-refractivity contribution in [2.45, 2.75) is 33.2 Å². The van der Waals surface area contributed by atoms with Gasteiger partial charge in [0.2, 0.25) is 10.0 Å². The van der Waals surface area contributed by atoms with Gasteiger partial charge in [0.05, 0.1) is 0 Å². The molecule has 0 aliphatic rings. The van der Waals surface area contributed by atoms with Crippen LogP contribution < -0.4 is 0 Å². The molecule has 4 heteroatoms. The Morgan fingerprint density at radius 3 is 2.25 bits per heavy atom. The highest BCUT2D eigenvalue weighted by molar-refractivity contribution is 7.92. The fourth-order valence-corrected chi connectivity index (χ4v) is 2.24. The zero-order valence-electron chi connectivity index (χ0n) is 7.95. The van der Waals surface area contributed by atoms with Gasteiger partial charge in [-0.3, -0.25) is 0 Å². The summed E-state index contributed by atoms with van der Waals surface area (Å²) in [7, 11) is -3.22. The molecule has 3 nitrogen and oxygen atoms in total. The molecule has 0 radical (unpaired) electrons. The van der Waals surface area contributed by atoms with Crippen LogP contribution >= 0.6 is 0 Å². The van der Waals surface area contributed by atoms with Gasteiger partial charge in [-0.05, 0) is 13.3 Å². The molecule has 0 fully saturated rings. The number of sulfonamides is 1. The Hall–Kier alpha value is -0.350. The van der Waals surface area contributed by atoms with E-state index in [0.717, 1.165) is 11.8 Å². The molecule has 72 valence electrons. The van der Waals surface area contributed by atoms with Crippen LogP contribution in [-0.2, 0) is 10.0 Å². The Labute approximate surface area is 75.1 Å². The van der Waals surface area contributed by atoms with Crippen LogP contribution in [0, 0.1) is 0 Å². The van der Waals surface area contributed by atoms with Crippen LogP contribution in [0.1, 0.15) is 27.2 Å². The molecular formula is C8H17NO2S. The minimum Gasteiger partial charge on any atom is -0.208 e. The summed E-state index contributed by atoms with van der Waals surface area (Å²) in [4.78, 5) is 0. The number of hydrogen-bond donors (Lipinski definition) is 0. The Balaban J connectivity index is 4.67. The molecule has 0 heterocycles. The van der Waals surface area contributed by atoms with E-state index in [1.807, 2.05) is 20.8 Å². The molecule has 0 rings (SSSR count). The standard InChI is InChI=1S/C8H17NO2S/c1-5-8(4)9(6-2)12(10,11)7-3/h7-8H,3,5-6H2,1-2,4H3. The van der Waals surface area contributed by atoms with Crippen molar-refractivity contribution in [3.8, 4) is 0 Å². The van der Waals surface area contributed by atoms with Gasteiger partial charge in [-0.25, -0.2) is 8.42 Å². The van der Waals surface area contributed by atoms with E-state index >= 15 is 0 Å². The first kappa shape index (κ1) is 11.6. The molecule has 0 N–H and O–H groups in total. The smallest absolute Gasteiger partial charge is 0.208 e. The Morgan fingerprint density at radius 2 is 2.00 bits per heavy atom. The predicted octanol–water partition coefficient (Wildman–Crippen LogP) is 1.58.